The van der Waals surface area contributed by atoms with E-state index in [-0.39, 0.29) is 24.0 Å². The van der Waals surface area contributed by atoms with E-state index >= 15 is 0 Å². The normalized spacial score (nSPS) is 12.5. The van der Waals surface area contributed by atoms with Gasteiger partial charge in [0.25, 0.3) is 5.91 Å². The van der Waals surface area contributed by atoms with Crippen LogP contribution in [0.15, 0.2) is 29.2 Å². The molecule has 0 spiro atoms. The van der Waals surface area contributed by atoms with Gasteiger partial charge in [0.2, 0.25) is 10.0 Å². The van der Waals surface area contributed by atoms with Gasteiger partial charge in [0.05, 0.1) is 4.90 Å². The maximum atomic E-state index is 13.5. The Labute approximate surface area is 192 Å². The highest BCUT2D eigenvalue weighted by molar-refractivity contribution is 7.89. The van der Waals surface area contributed by atoms with Crippen LogP contribution in [-0.2, 0) is 14.8 Å². The first-order valence-corrected chi connectivity index (χ1v) is 12.5. The Kier molecular flexibility index (Phi) is 12.3. The van der Waals surface area contributed by atoms with Crippen LogP contribution in [0, 0.1) is 17.8 Å². The van der Waals surface area contributed by atoms with Crippen molar-refractivity contribution < 1.29 is 23.2 Å². The zero-order valence-corrected chi connectivity index (χ0v) is 20.6. The maximum absolute atomic E-state index is 13.5. The fourth-order valence-electron chi connectivity index (χ4n) is 3.42. The number of unbranched alkanes of at least 4 members (excludes halogenated alkanes) is 1. The van der Waals surface area contributed by atoms with Crippen LogP contribution in [-0.4, -0.2) is 67.6 Å². The van der Waals surface area contributed by atoms with Crippen molar-refractivity contribution in [2.45, 2.75) is 58.4 Å². The van der Waals surface area contributed by atoms with Crippen molar-refractivity contribution in [2.75, 3.05) is 32.8 Å². The molecule has 0 heterocycles. The molecule has 1 aromatic carbocycles. The van der Waals surface area contributed by atoms with E-state index < -0.39 is 22.0 Å². The molecule has 0 aliphatic heterocycles. The average molecular weight is 468 g/mol. The van der Waals surface area contributed by atoms with Crippen LogP contribution in [0.2, 0.25) is 0 Å². The Morgan fingerprint density at radius 1 is 1.12 bits per heavy atom. The third-order valence-electron chi connectivity index (χ3n) is 5.24. The zero-order chi connectivity index (χ0) is 24.1. The van der Waals surface area contributed by atoms with Crippen LogP contribution in [0.3, 0.4) is 0 Å². The molecule has 0 saturated carbocycles. The summed E-state index contributed by atoms with van der Waals surface area (Å²) >= 11 is 0. The van der Waals surface area contributed by atoms with Crippen LogP contribution in [0.4, 0.5) is 0 Å². The van der Waals surface area contributed by atoms with Gasteiger partial charge in [-0.05, 0) is 69.6 Å². The number of benzene rings is 1. The Morgan fingerprint density at radius 2 is 1.72 bits per heavy atom. The molecule has 0 saturated heterocycles. The van der Waals surface area contributed by atoms with E-state index in [1.165, 1.54) is 16.4 Å². The topological polar surface area (TPSA) is 99.2 Å². The highest BCUT2D eigenvalue weighted by atomic mass is 32.2. The second-order valence-electron chi connectivity index (χ2n) is 7.70. The third kappa shape index (κ3) is 8.10. The first-order chi connectivity index (χ1) is 15.2. The summed E-state index contributed by atoms with van der Waals surface area (Å²) in [6, 6.07) is 5.02. The molecule has 1 atom stereocenters. The molecule has 2 N–H and O–H groups in total. The molecule has 9 heteroatoms. The van der Waals surface area contributed by atoms with Crippen LogP contribution in [0.5, 0.6) is 5.75 Å². The van der Waals surface area contributed by atoms with Gasteiger partial charge in [-0.25, -0.2) is 13.9 Å². The molecule has 0 fully saturated rings. The summed E-state index contributed by atoms with van der Waals surface area (Å²) in [6.45, 7) is 12.5. The van der Waals surface area contributed by atoms with E-state index in [1.807, 2.05) is 0 Å². The molecule has 1 amide bonds. The molecule has 0 aliphatic rings. The number of sulfonamides is 1. The van der Waals surface area contributed by atoms with Gasteiger partial charge in [0, 0.05) is 6.54 Å². The quantitative estimate of drug-likeness (QED) is 0.189. The minimum Gasteiger partial charge on any atom is -0.481 e. The van der Waals surface area contributed by atoms with Crippen molar-refractivity contribution in [3.8, 4) is 17.6 Å². The summed E-state index contributed by atoms with van der Waals surface area (Å²) in [4.78, 5) is 14.7. The number of amides is 1. The number of carbonyl (C=O) groups is 1. The van der Waals surface area contributed by atoms with Crippen LogP contribution < -0.4 is 10.2 Å². The molecular formula is C23H37N3O5S. The minimum absolute atomic E-state index is 0.0616. The third-order valence-corrected chi connectivity index (χ3v) is 7.13. The number of rotatable bonds is 14. The number of ether oxygens (including phenoxy) is 1. The van der Waals surface area contributed by atoms with Gasteiger partial charge in [0.1, 0.15) is 18.4 Å². The number of hydroxylamine groups is 1. The Morgan fingerprint density at radius 3 is 2.22 bits per heavy atom. The van der Waals surface area contributed by atoms with Crippen LogP contribution in [0.25, 0.3) is 0 Å². The van der Waals surface area contributed by atoms with Gasteiger partial charge in [-0.15, -0.1) is 5.92 Å². The van der Waals surface area contributed by atoms with Crippen molar-refractivity contribution in [1.82, 2.24) is 14.7 Å². The van der Waals surface area contributed by atoms with Crippen LogP contribution in [0.1, 0.15) is 47.5 Å². The summed E-state index contributed by atoms with van der Waals surface area (Å²) in [5, 5.41) is 9.23. The van der Waals surface area contributed by atoms with Gasteiger partial charge in [-0.1, -0.05) is 33.6 Å². The highest BCUT2D eigenvalue weighted by Gasteiger charge is 2.37. The van der Waals surface area contributed by atoms with E-state index in [2.05, 4.69) is 30.6 Å². The van der Waals surface area contributed by atoms with Gasteiger partial charge < -0.3 is 9.64 Å². The van der Waals surface area contributed by atoms with E-state index in [4.69, 9.17) is 4.74 Å². The SMILES string of the molecule is CC#CCOc1ccc(S(=O)(=O)N(CCCCN(CC)CC)C(C(=O)NO)C(C)C)cc1. The predicted molar refractivity (Wildman–Crippen MR) is 125 cm³/mol. The summed E-state index contributed by atoms with van der Waals surface area (Å²) < 4.78 is 33.7. The molecule has 0 radical (unpaired) electrons. The number of carbonyl (C=O) groups excluding carboxylic acids is 1. The fourth-order valence-corrected chi connectivity index (χ4v) is 5.18. The number of nitrogens with one attached hydrogen (secondary N) is 1. The van der Waals surface area contributed by atoms with Crippen molar-refractivity contribution in [3.05, 3.63) is 24.3 Å². The molecule has 180 valence electrons. The zero-order valence-electron chi connectivity index (χ0n) is 19.8. The molecule has 8 nitrogen and oxygen atoms in total. The van der Waals surface area contributed by atoms with Crippen molar-refractivity contribution in [2.24, 2.45) is 5.92 Å². The maximum Gasteiger partial charge on any atom is 0.262 e. The lowest BCUT2D eigenvalue weighted by atomic mass is 10.0. The van der Waals surface area contributed by atoms with Crippen molar-refractivity contribution >= 4 is 15.9 Å². The van der Waals surface area contributed by atoms with E-state index in [1.54, 1.807) is 38.4 Å². The fraction of sp³-hybridized carbons (Fsp3) is 0.609. The lowest BCUT2D eigenvalue weighted by Gasteiger charge is -2.32. The van der Waals surface area contributed by atoms with E-state index in [9.17, 15) is 18.4 Å². The smallest absolute Gasteiger partial charge is 0.262 e. The molecule has 0 aliphatic carbocycles. The molecule has 1 unspecified atom stereocenters. The lowest BCUT2D eigenvalue weighted by molar-refractivity contribution is -0.134. The van der Waals surface area contributed by atoms with Crippen LogP contribution >= 0.6 is 0 Å². The van der Waals surface area contributed by atoms with Gasteiger partial charge in [-0.3, -0.25) is 10.0 Å². The summed E-state index contributed by atoms with van der Waals surface area (Å²) in [6.07, 6.45) is 1.39. The number of hydrogen-bond acceptors (Lipinski definition) is 6. The Bertz CT molecular complexity index is 856. The molecule has 1 aromatic rings. The lowest BCUT2D eigenvalue weighted by Crippen LogP contribution is -2.52. The summed E-state index contributed by atoms with van der Waals surface area (Å²) in [5.74, 6) is 4.93. The van der Waals surface area contributed by atoms with Gasteiger partial charge in [0.15, 0.2) is 0 Å². The Balaban J connectivity index is 3.14. The largest absolute Gasteiger partial charge is 0.481 e. The van der Waals surface area contributed by atoms with Gasteiger partial charge >= 0.3 is 0 Å². The van der Waals surface area contributed by atoms with Gasteiger partial charge in [-0.2, -0.15) is 4.31 Å². The average Bonchev–Trinajstić information content (AvgIpc) is 2.78. The second kappa shape index (κ2) is 14.1. The number of nitrogens with zero attached hydrogens (tertiary/aromatic N) is 2. The highest BCUT2D eigenvalue weighted by Crippen LogP contribution is 2.25. The summed E-state index contributed by atoms with van der Waals surface area (Å²) in [7, 11) is -3.99. The molecule has 0 bridgehead atoms. The monoisotopic (exact) mass is 467 g/mol. The van der Waals surface area contributed by atoms with Crippen molar-refractivity contribution in [3.63, 3.8) is 0 Å². The minimum atomic E-state index is -3.99. The van der Waals surface area contributed by atoms with E-state index in [0.717, 1.165) is 26.1 Å². The molecule has 0 aromatic heterocycles. The molecule has 32 heavy (non-hydrogen) atoms. The first-order valence-electron chi connectivity index (χ1n) is 11.0. The standard InChI is InChI=1S/C23H37N3O5S/c1-6-9-18-31-20-12-14-21(15-13-20)32(29,30)26(22(19(4)5)23(27)24-28)17-11-10-16-25(7-2)8-3/h12-15,19,22,28H,7-8,10-11,16-18H2,1-5H3,(H,24,27). The first kappa shape index (κ1) is 27.9. The predicted octanol–water partition coefficient (Wildman–Crippen LogP) is 2.73. The summed E-state index contributed by atoms with van der Waals surface area (Å²) in [5.41, 5.74) is 1.63. The second-order valence-corrected chi connectivity index (χ2v) is 9.59. The van der Waals surface area contributed by atoms with Crippen molar-refractivity contribution in [1.29, 1.82) is 0 Å². The molecular weight excluding hydrogens is 430 g/mol. The van der Waals surface area contributed by atoms with E-state index in [0.29, 0.717) is 12.2 Å². The molecule has 1 rings (SSSR count). The Hall–Kier alpha value is -2.12. The number of hydrogen-bond donors (Lipinski definition) is 2.